The summed E-state index contributed by atoms with van der Waals surface area (Å²) in [5.41, 5.74) is 2.63. The van der Waals surface area contributed by atoms with Crippen LogP contribution in [-0.2, 0) is 14.2 Å². The van der Waals surface area contributed by atoms with Gasteiger partial charge in [0.25, 0.3) is 5.91 Å². The van der Waals surface area contributed by atoms with Gasteiger partial charge in [-0.25, -0.2) is 4.79 Å². The molecule has 3 heterocycles. The van der Waals surface area contributed by atoms with Crippen molar-refractivity contribution in [1.82, 2.24) is 9.58 Å². The Labute approximate surface area is 143 Å². The highest BCUT2D eigenvalue weighted by atomic mass is 16.8. The summed E-state index contributed by atoms with van der Waals surface area (Å²) in [5.74, 6) is -0.551. The lowest BCUT2D eigenvalue weighted by molar-refractivity contribution is -0.0534. The number of aromatic nitrogens is 1. The molecule has 1 aromatic heterocycles. The lowest BCUT2D eigenvalue weighted by atomic mass is 10.2. The summed E-state index contributed by atoms with van der Waals surface area (Å²) in [6, 6.07) is 1.26. The molecule has 1 N–H and O–H groups in total. The lowest BCUT2D eigenvalue weighted by Crippen LogP contribution is -2.59. The van der Waals surface area contributed by atoms with E-state index in [1.54, 1.807) is 11.8 Å². The fourth-order valence-electron chi connectivity index (χ4n) is 2.67. The predicted molar refractivity (Wildman–Crippen MR) is 83.9 cm³/mol. The standard InChI is InChI=1S/C15H19N3O7/c1-3-23-15(21)25-9(2)24-13-10(19)4-5-18-12(13)14(20)17-6-7-22-8-11(17)16-18/h4-5,9,11,16H,3,6-8H2,1-2H3/t9?,11-/m0/s1. The first kappa shape index (κ1) is 17.1. The molecule has 1 aromatic rings. The average Bonchev–Trinajstić information content (AvgIpc) is 2.58. The van der Waals surface area contributed by atoms with Crippen LogP contribution in [0.15, 0.2) is 17.1 Å². The van der Waals surface area contributed by atoms with Crippen molar-refractivity contribution in [3.63, 3.8) is 0 Å². The van der Waals surface area contributed by atoms with Crippen molar-refractivity contribution in [1.29, 1.82) is 0 Å². The molecule has 10 nitrogen and oxygen atoms in total. The molecule has 0 aliphatic carbocycles. The van der Waals surface area contributed by atoms with Gasteiger partial charge in [0.05, 0.1) is 19.8 Å². The van der Waals surface area contributed by atoms with E-state index in [2.05, 4.69) is 10.2 Å². The monoisotopic (exact) mass is 353 g/mol. The van der Waals surface area contributed by atoms with Crippen molar-refractivity contribution in [2.45, 2.75) is 26.3 Å². The van der Waals surface area contributed by atoms with Crippen molar-refractivity contribution >= 4 is 12.1 Å². The van der Waals surface area contributed by atoms with Gasteiger partial charge in [-0.05, 0) is 6.92 Å². The SMILES string of the molecule is CCOC(=O)OC(C)Oc1c2n(ccc1=O)N[C@@H]1COCCN1C2=O. The van der Waals surface area contributed by atoms with Crippen LogP contribution in [0.3, 0.4) is 0 Å². The van der Waals surface area contributed by atoms with Crippen molar-refractivity contribution in [3.05, 3.63) is 28.2 Å². The van der Waals surface area contributed by atoms with Crippen LogP contribution in [-0.4, -0.2) is 60.5 Å². The van der Waals surface area contributed by atoms with Crippen LogP contribution in [0.4, 0.5) is 4.79 Å². The molecule has 2 aliphatic rings. The van der Waals surface area contributed by atoms with E-state index < -0.39 is 17.9 Å². The Morgan fingerprint density at radius 1 is 1.48 bits per heavy atom. The smallest absolute Gasteiger partial charge is 0.448 e. The van der Waals surface area contributed by atoms with Gasteiger partial charge < -0.3 is 29.3 Å². The van der Waals surface area contributed by atoms with E-state index in [-0.39, 0.29) is 30.1 Å². The van der Waals surface area contributed by atoms with Gasteiger partial charge in [0.15, 0.2) is 5.69 Å². The van der Waals surface area contributed by atoms with Gasteiger partial charge in [-0.2, -0.15) is 0 Å². The first-order valence-electron chi connectivity index (χ1n) is 7.92. The Kier molecular flexibility index (Phi) is 4.79. The number of amides is 1. The highest BCUT2D eigenvalue weighted by molar-refractivity contribution is 5.96. The van der Waals surface area contributed by atoms with Gasteiger partial charge in [0.2, 0.25) is 17.5 Å². The minimum Gasteiger partial charge on any atom is -0.448 e. The van der Waals surface area contributed by atoms with E-state index in [4.69, 9.17) is 14.2 Å². The van der Waals surface area contributed by atoms with E-state index in [0.717, 1.165) is 0 Å². The normalized spacial score (nSPS) is 20.0. The van der Waals surface area contributed by atoms with Crippen LogP contribution in [0.25, 0.3) is 0 Å². The topological polar surface area (TPSA) is 108 Å². The number of rotatable bonds is 4. The second-order valence-corrected chi connectivity index (χ2v) is 5.43. The van der Waals surface area contributed by atoms with E-state index in [0.29, 0.717) is 19.8 Å². The van der Waals surface area contributed by atoms with Crippen molar-refractivity contribution in [2.24, 2.45) is 0 Å². The third-order valence-electron chi connectivity index (χ3n) is 3.74. The number of ether oxygens (including phenoxy) is 4. The average molecular weight is 353 g/mol. The molecule has 1 saturated heterocycles. The number of hydrogen-bond acceptors (Lipinski definition) is 8. The molecule has 0 bridgehead atoms. The molecule has 3 rings (SSSR count). The second kappa shape index (κ2) is 7.01. The third kappa shape index (κ3) is 3.38. The number of morpholine rings is 1. The molecule has 1 fully saturated rings. The maximum absolute atomic E-state index is 12.8. The summed E-state index contributed by atoms with van der Waals surface area (Å²) in [6.07, 6.45) is -0.894. The Morgan fingerprint density at radius 2 is 2.28 bits per heavy atom. The quantitative estimate of drug-likeness (QED) is 0.600. The predicted octanol–water partition coefficient (Wildman–Crippen LogP) is 0.102. The second-order valence-electron chi connectivity index (χ2n) is 5.43. The van der Waals surface area contributed by atoms with Crippen LogP contribution >= 0.6 is 0 Å². The fourth-order valence-corrected chi connectivity index (χ4v) is 2.67. The van der Waals surface area contributed by atoms with Gasteiger partial charge in [0.1, 0.15) is 6.17 Å². The van der Waals surface area contributed by atoms with E-state index in [1.165, 1.54) is 23.9 Å². The van der Waals surface area contributed by atoms with Gasteiger partial charge >= 0.3 is 6.16 Å². The summed E-state index contributed by atoms with van der Waals surface area (Å²) in [4.78, 5) is 37.9. The molecule has 2 aliphatic heterocycles. The van der Waals surface area contributed by atoms with Crippen LogP contribution in [0.1, 0.15) is 24.3 Å². The maximum atomic E-state index is 12.8. The minimum absolute atomic E-state index is 0.0463. The Bertz CT molecular complexity index is 732. The van der Waals surface area contributed by atoms with Crippen molar-refractivity contribution in [3.8, 4) is 5.75 Å². The number of nitrogens with one attached hydrogen (secondary N) is 1. The lowest BCUT2D eigenvalue weighted by Gasteiger charge is -2.41. The number of nitrogens with zero attached hydrogens (tertiary/aromatic N) is 2. The number of fused-ring (bicyclic) bond motifs is 2. The first-order chi connectivity index (χ1) is 12.0. The molecule has 136 valence electrons. The number of hydrogen-bond donors (Lipinski definition) is 1. The highest BCUT2D eigenvalue weighted by Gasteiger charge is 2.37. The summed E-state index contributed by atoms with van der Waals surface area (Å²) >= 11 is 0. The van der Waals surface area contributed by atoms with Crippen LogP contribution in [0, 0.1) is 0 Å². The van der Waals surface area contributed by atoms with Crippen molar-refractivity contribution < 1.29 is 28.5 Å². The van der Waals surface area contributed by atoms with Gasteiger partial charge in [-0.15, -0.1) is 0 Å². The number of carbonyl (C=O) groups is 2. The van der Waals surface area contributed by atoms with Gasteiger partial charge in [-0.3, -0.25) is 14.3 Å². The van der Waals surface area contributed by atoms with E-state index in [9.17, 15) is 14.4 Å². The Hall–Kier alpha value is -2.75. The fraction of sp³-hybridized carbons (Fsp3) is 0.533. The molecule has 10 heteroatoms. The highest BCUT2D eigenvalue weighted by Crippen LogP contribution is 2.23. The van der Waals surface area contributed by atoms with Crippen molar-refractivity contribution in [2.75, 3.05) is 31.8 Å². The first-order valence-corrected chi connectivity index (χ1v) is 7.92. The summed E-state index contributed by atoms with van der Waals surface area (Å²) < 4.78 is 21.8. The molecule has 0 saturated carbocycles. The Balaban J connectivity index is 1.87. The summed E-state index contributed by atoms with van der Waals surface area (Å²) in [7, 11) is 0. The molecule has 0 aromatic carbocycles. The van der Waals surface area contributed by atoms with Gasteiger partial charge in [-0.1, -0.05) is 0 Å². The zero-order chi connectivity index (χ0) is 18.0. The van der Waals surface area contributed by atoms with Gasteiger partial charge in [0, 0.05) is 25.7 Å². The Morgan fingerprint density at radius 3 is 3.04 bits per heavy atom. The molecule has 25 heavy (non-hydrogen) atoms. The molecule has 2 atom stereocenters. The molecule has 1 unspecified atom stereocenters. The number of carbonyl (C=O) groups excluding carboxylic acids is 2. The third-order valence-corrected chi connectivity index (χ3v) is 3.74. The molecule has 1 amide bonds. The minimum atomic E-state index is -1.10. The molecular formula is C15H19N3O7. The van der Waals surface area contributed by atoms with E-state index >= 15 is 0 Å². The zero-order valence-corrected chi connectivity index (χ0v) is 13.9. The molecule has 0 radical (unpaired) electrons. The summed E-state index contributed by atoms with van der Waals surface area (Å²) in [5, 5.41) is 0. The molecule has 0 spiro atoms. The number of pyridine rings is 1. The summed E-state index contributed by atoms with van der Waals surface area (Å²) in [6.45, 7) is 4.37. The van der Waals surface area contributed by atoms with Crippen LogP contribution in [0.2, 0.25) is 0 Å². The van der Waals surface area contributed by atoms with E-state index in [1.807, 2.05) is 0 Å². The maximum Gasteiger partial charge on any atom is 0.511 e. The molecular weight excluding hydrogens is 334 g/mol. The largest absolute Gasteiger partial charge is 0.511 e. The van der Waals surface area contributed by atoms with Crippen LogP contribution in [0.5, 0.6) is 5.75 Å². The zero-order valence-electron chi connectivity index (χ0n) is 13.9. The van der Waals surface area contributed by atoms with Crippen LogP contribution < -0.4 is 15.6 Å².